The normalized spacial score (nSPS) is 11.9. The standard InChI is InChI=1S/C23H17BrN2O6/c1-29-18-6-2-14(3-7-18)23(28)32-19-9-5-17(24)10-16(19)12-25-26-22(27)15-4-8-20-21(11-15)31-13-30-20/h2-12H,13H2,1H3,(H,26,27). The van der Waals surface area contributed by atoms with E-state index in [9.17, 15) is 9.59 Å². The predicted octanol–water partition coefficient (Wildman–Crippen LogP) is 4.17. The number of hydrogen-bond donors (Lipinski definition) is 1. The Morgan fingerprint density at radius 1 is 1.00 bits per heavy atom. The number of hydrogen-bond acceptors (Lipinski definition) is 7. The van der Waals surface area contributed by atoms with E-state index in [-0.39, 0.29) is 12.5 Å². The maximum Gasteiger partial charge on any atom is 0.343 e. The van der Waals surface area contributed by atoms with Gasteiger partial charge in [-0.15, -0.1) is 0 Å². The molecule has 0 bridgehead atoms. The predicted molar refractivity (Wildman–Crippen MR) is 120 cm³/mol. The second-order valence-electron chi connectivity index (χ2n) is 6.57. The summed E-state index contributed by atoms with van der Waals surface area (Å²) in [6.45, 7) is 0.124. The number of methoxy groups -OCH3 is 1. The van der Waals surface area contributed by atoms with Crippen LogP contribution in [0, 0.1) is 0 Å². The van der Waals surface area contributed by atoms with Crippen molar-refractivity contribution in [3.05, 3.63) is 81.8 Å². The van der Waals surface area contributed by atoms with Gasteiger partial charge in [0.05, 0.1) is 18.9 Å². The highest BCUT2D eigenvalue weighted by Gasteiger charge is 2.16. The molecule has 162 valence electrons. The summed E-state index contributed by atoms with van der Waals surface area (Å²) in [4.78, 5) is 24.9. The Bertz CT molecular complexity index is 1190. The van der Waals surface area contributed by atoms with E-state index in [1.165, 1.54) is 6.21 Å². The fraction of sp³-hybridized carbons (Fsp3) is 0.0870. The number of carbonyl (C=O) groups is 2. The van der Waals surface area contributed by atoms with E-state index in [1.807, 2.05) is 0 Å². The van der Waals surface area contributed by atoms with E-state index < -0.39 is 11.9 Å². The minimum Gasteiger partial charge on any atom is -0.497 e. The molecule has 0 unspecified atom stereocenters. The Kier molecular flexibility index (Phi) is 6.37. The van der Waals surface area contributed by atoms with Gasteiger partial charge in [-0.2, -0.15) is 5.10 Å². The lowest BCUT2D eigenvalue weighted by Gasteiger charge is -2.08. The summed E-state index contributed by atoms with van der Waals surface area (Å²) >= 11 is 3.38. The van der Waals surface area contributed by atoms with Gasteiger partial charge in [-0.3, -0.25) is 4.79 Å². The zero-order valence-electron chi connectivity index (χ0n) is 16.8. The molecule has 3 aromatic rings. The van der Waals surface area contributed by atoms with Gasteiger partial charge in [0, 0.05) is 15.6 Å². The molecule has 0 saturated heterocycles. The minimum atomic E-state index is -0.533. The van der Waals surface area contributed by atoms with Crippen LogP contribution in [0.2, 0.25) is 0 Å². The van der Waals surface area contributed by atoms with Crippen LogP contribution in [0.5, 0.6) is 23.0 Å². The van der Waals surface area contributed by atoms with Crippen molar-refractivity contribution >= 4 is 34.0 Å². The van der Waals surface area contributed by atoms with Gasteiger partial charge in [-0.25, -0.2) is 10.2 Å². The Morgan fingerprint density at radius 2 is 1.75 bits per heavy atom. The lowest BCUT2D eigenvalue weighted by molar-refractivity contribution is 0.0734. The molecule has 0 aromatic heterocycles. The monoisotopic (exact) mass is 496 g/mol. The Morgan fingerprint density at radius 3 is 2.53 bits per heavy atom. The third-order valence-electron chi connectivity index (χ3n) is 4.50. The van der Waals surface area contributed by atoms with Crippen LogP contribution in [0.15, 0.2) is 70.2 Å². The van der Waals surface area contributed by atoms with Crippen molar-refractivity contribution in [2.45, 2.75) is 0 Å². The molecule has 1 aliphatic rings. The number of benzene rings is 3. The van der Waals surface area contributed by atoms with E-state index in [2.05, 4.69) is 26.5 Å². The van der Waals surface area contributed by atoms with Gasteiger partial charge in [0.25, 0.3) is 5.91 Å². The molecular formula is C23H17BrN2O6. The Labute approximate surface area is 191 Å². The zero-order chi connectivity index (χ0) is 22.5. The summed E-state index contributed by atoms with van der Waals surface area (Å²) in [5.74, 6) is 1.05. The molecule has 1 N–H and O–H groups in total. The second-order valence-corrected chi connectivity index (χ2v) is 7.48. The van der Waals surface area contributed by atoms with Gasteiger partial charge < -0.3 is 18.9 Å². The number of halogens is 1. The maximum absolute atomic E-state index is 12.5. The van der Waals surface area contributed by atoms with Crippen molar-refractivity contribution in [1.82, 2.24) is 5.43 Å². The third-order valence-corrected chi connectivity index (χ3v) is 5.00. The molecule has 0 saturated carbocycles. The van der Waals surface area contributed by atoms with Gasteiger partial charge in [0.2, 0.25) is 6.79 Å². The largest absolute Gasteiger partial charge is 0.497 e. The maximum atomic E-state index is 12.5. The van der Waals surface area contributed by atoms with E-state index >= 15 is 0 Å². The third kappa shape index (κ3) is 4.89. The molecule has 0 atom stereocenters. The van der Waals surface area contributed by atoms with Crippen LogP contribution >= 0.6 is 15.9 Å². The summed E-state index contributed by atoms with van der Waals surface area (Å²) in [6, 6.07) is 16.5. The molecule has 0 fully saturated rings. The van der Waals surface area contributed by atoms with Crippen molar-refractivity contribution in [3.63, 3.8) is 0 Å². The highest BCUT2D eigenvalue weighted by atomic mass is 79.9. The van der Waals surface area contributed by atoms with Crippen molar-refractivity contribution in [1.29, 1.82) is 0 Å². The highest BCUT2D eigenvalue weighted by Crippen LogP contribution is 2.32. The van der Waals surface area contributed by atoms with Crippen LogP contribution < -0.4 is 24.4 Å². The van der Waals surface area contributed by atoms with Crippen LogP contribution in [-0.4, -0.2) is 32.0 Å². The second kappa shape index (κ2) is 9.52. The van der Waals surface area contributed by atoms with Gasteiger partial charge in [0.15, 0.2) is 11.5 Å². The summed E-state index contributed by atoms with van der Waals surface area (Å²) < 4.78 is 21.9. The van der Waals surface area contributed by atoms with Gasteiger partial charge in [-0.1, -0.05) is 15.9 Å². The number of nitrogens with zero attached hydrogens (tertiary/aromatic N) is 1. The molecule has 0 radical (unpaired) electrons. The van der Waals surface area contributed by atoms with Gasteiger partial charge >= 0.3 is 5.97 Å². The average Bonchev–Trinajstić information content (AvgIpc) is 3.28. The first-order valence-electron chi connectivity index (χ1n) is 9.42. The number of ether oxygens (including phenoxy) is 4. The van der Waals surface area contributed by atoms with Crippen LogP contribution in [0.25, 0.3) is 0 Å². The molecule has 9 heteroatoms. The Balaban J connectivity index is 1.46. The SMILES string of the molecule is COc1ccc(C(=O)Oc2ccc(Br)cc2C=NNC(=O)c2ccc3c(c2)OCO3)cc1. The number of amides is 1. The number of carbonyl (C=O) groups excluding carboxylic acids is 2. The minimum absolute atomic E-state index is 0.124. The number of esters is 1. The van der Waals surface area contributed by atoms with Crippen LogP contribution in [-0.2, 0) is 0 Å². The smallest absolute Gasteiger partial charge is 0.343 e. The summed E-state index contributed by atoms with van der Waals surface area (Å²) in [7, 11) is 1.55. The molecule has 32 heavy (non-hydrogen) atoms. The molecule has 4 rings (SSSR count). The zero-order valence-corrected chi connectivity index (χ0v) is 18.4. The molecule has 1 aliphatic heterocycles. The van der Waals surface area contributed by atoms with Gasteiger partial charge in [-0.05, 0) is 60.7 Å². The van der Waals surface area contributed by atoms with E-state index in [0.29, 0.717) is 33.9 Å². The van der Waals surface area contributed by atoms with Crippen molar-refractivity contribution in [2.24, 2.45) is 5.10 Å². The van der Waals surface area contributed by atoms with E-state index in [1.54, 1.807) is 67.8 Å². The van der Waals surface area contributed by atoms with Gasteiger partial charge in [0.1, 0.15) is 11.5 Å². The summed E-state index contributed by atoms with van der Waals surface area (Å²) in [6.07, 6.45) is 1.40. The lowest BCUT2D eigenvalue weighted by Crippen LogP contribution is -2.17. The first-order chi connectivity index (χ1) is 15.5. The fourth-order valence-electron chi connectivity index (χ4n) is 2.86. The summed E-state index contributed by atoms with van der Waals surface area (Å²) in [5, 5.41) is 3.99. The van der Waals surface area contributed by atoms with Crippen molar-refractivity contribution in [2.75, 3.05) is 13.9 Å². The molecular weight excluding hydrogens is 480 g/mol. The molecule has 1 heterocycles. The van der Waals surface area contributed by atoms with Crippen LogP contribution in [0.4, 0.5) is 0 Å². The first-order valence-corrected chi connectivity index (χ1v) is 10.2. The molecule has 3 aromatic carbocycles. The average molecular weight is 497 g/mol. The molecule has 1 amide bonds. The van der Waals surface area contributed by atoms with Crippen molar-refractivity contribution < 1.29 is 28.5 Å². The van der Waals surface area contributed by atoms with E-state index in [4.69, 9.17) is 18.9 Å². The quantitative estimate of drug-likeness (QED) is 0.238. The number of rotatable bonds is 6. The van der Waals surface area contributed by atoms with Crippen molar-refractivity contribution in [3.8, 4) is 23.0 Å². The molecule has 0 aliphatic carbocycles. The highest BCUT2D eigenvalue weighted by molar-refractivity contribution is 9.10. The number of nitrogens with one attached hydrogen (secondary N) is 1. The number of fused-ring (bicyclic) bond motifs is 1. The fourth-order valence-corrected chi connectivity index (χ4v) is 3.24. The van der Waals surface area contributed by atoms with Crippen LogP contribution in [0.1, 0.15) is 26.3 Å². The lowest BCUT2D eigenvalue weighted by atomic mass is 10.2. The van der Waals surface area contributed by atoms with Crippen LogP contribution in [0.3, 0.4) is 0 Å². The number of hydrazone groups is 1. The van der Waals surface area contributed by atoms with E-state index in [0.717, 1.165) is 4.47 Å². The molecule has 0 spiro atoms. The topological polar surface area (TPSA) is 95.5 Å². The first kappa shape index (κ1) is 21.4. The Hall–Kier alpha value is -3.85. The molecule has 8 nitrogen and oxygen atoms in total. The summed E-state index contributed by atoms with van der Waals surface area (Å²) in [5.41, 5.74) is 3.68.